The van der Waals surface area contributed by atoms with E-state index >= 15 is 0 Å². The third-order valence-corrected chi connectivity index (χ3v) is 3.04. The van der Waals surface area contributed by atoms with Crippen LogP contribution in [0.15, 0.2) is 29.2 Å². The number of nitrogens with two attached hydrogens (primary N) is 2. The number of nitrogens with one attached hydrogen (secondary N) is 1. The maximum absolute atomic E-state index is 11.0. The summed E-state index contributed by atoms with van der Waals surface area (Å²) >= 11 is 0. The molecule has 5 N–H and O–H groups in total. The zero-order valence-corrected chi connectivity index (χ0v) is 10.00. The Kier molecular flexibility index (Phi) is 4.28. The first-order valence-corrected chi connectivity index (χ1v) is 6.56. The number of anilines is 1. The summed E-state index contributed by atoms with van der Waals surface area (Å²) in [7, 11) is -3.60. The molecule has 0 saturated carbocycles. The van der Waals surface area contributed by atoms with Gasteiger partial charge in [-0.15, -0.1) is 0 Å². The minimum absolute atomic E-state index is 0.116. The molecule has 5 nitrogen and oxygen atoms in total. The molecule has 6 heteroatoms. The van der Waals surface area contributed by atoms with Crippen molar-refractivity contribution in [3.05, 3.63) is 24.3 Å². The molecule has 0 aliphatic rings. The zero-order chi connectivity index (χ0) is 12.2. The van der Waals surface area contributed by atoms with Gasteiger partial charge in [0.2, 0.25) is 10.0 Å². The van der Waals surface area contributed by atoms with Crippen LogP contribution in [-0.2, 0) is 10.0 Å². The van der Waals surface area contributed by atoms with E-state index in [1.807, 2.05) is 6.92 Å². The smallest absolute Gasteiger partial charge is 0.238 e. The van der Waals surface area contributed by atoms with Crippen molar-refractivity contribution >= 4 is 15.7 Å². The van der Waals surface area contributed by atoms with Crippen LogP contribution in [0.4, 0.5) is 5.69 Å². The van der Waals surface area contributed by atoms with Gasteiger partial charge in [-0.1, -0.05) is 0 Å². The van der Waals surface area contributed by atoms with Crippen LogP contribution in [0.25, 0.3) is 0 Å². The van der Waals surface area contributed by atoms with Crippen LogP contribution in [-0.4, -0.2) is 21.0 Å². The summed E-state index contributed by atoms with van der Waals surface area (Å²) in [6.07, 6.45) is 0.858. The molecule has 1 atom stereocenters. The Hall–Kier alpha value is -1.11. The van der Waals surface area contributed by atoms with E-state index in [-0.39, 0.29) is 10.9 Å². The van der Waals surface area contributed by atoms with E-state index in [0.717, 1.165) is 18.7 Å². The van der Waals surface area contributed by atoms with Crippen LogP contribution in [0.1, 0.15) is 13.3 Å². The van der Waals surface area contributed by atoms with Gasteiger partial charge >= 0.3 is 0 Å². The molecular weight excluding hydrogens is 226 g/mol. The van der Waals surface area contributed by atoms with Gasteiger partial charge in [-0.05, 0) is 37.6 Å². The summed E-state index contributed by atoms with van der Waals surface area (Å²) in [5.41, 5.74) is 6.46. The zero-order valence-electron chi connectivity index (χ0n) is 9.18. The van der Waals surface area contributed by atoms with Gasteiger partial charge in [0.15, 0.2) is 0 Å². The van der Waals surface area contributed by atoms with Crippen LogP contribution in [0, 0.1) is 0 Å². The Balaban J connectivity index is 2.59. The monoisotopic (exact) mass is 243 g/mol. The van der Waals surface area contributed by atoms with Crippen molar-refractivity contribution in [2.45, 2.75) is 24.3 Å². The second-order valence-corrected chi connectivity index (χ2v) is 5.32. The largest absolute Gasteiger partial charge is 0.385 e. The molecule has 90 valence electrons. The van der Waals surface area contributed by atoms with Gasteiger partial charge in [0, 0.05) is 18.3 Å². The van der Waals surface area contributed by atoms with E-state index in [4.69, 9.17) is 10.9 Å². The molecule has 1 rings (SSSR count). The molecule has 0 bridgehead atoms. The number of hydrogen-bond donors (Lipinski definition) is 3. The highest BCUT2D eigenvalue weighted by Crippen LogP contribution is 2.12. The highest BCUT2D eigenvalue weighted by molar-refractivity contribution is 7.89. The second kappa shape index (κ2) is 5.29. The van der Waals surface area contributed by atoms with Crippen LogP contribution in [0.5, 0.6) is 0 Å². The fourth-order valence-electron chi connectivity index (χ4n) is 1.21. The highest BCUT2D eigenvalue weighted by atomic mass is 32.2. The Morgan fingerprint density at radius 3 is 2.31 bits per heavy atom. The molecule has 0 aromatic heterocycles. The van der Waals surface area contributed by atoms with Crippen molar-refractivity contribution in [3.8, 4) is 0 Å². The average Bonchev–Trinajstić information content (AvgIpc) is 2.16. The number of benzene rings is 1. The molecular formula is C10H17N3O2S. The maximum atomic E-state index is 11.0. The summed E-state index contributed by atoms with van der Waals surface area (Å²) < 4.78 is 22.0. The predicted octanol–water partition coefficient (Wildman–Crippen LogP) is 0.483. The predicted molar refractivity (Wildman–Crippen MR) is 64.6 cm³/mol. The third kappa shape index (κ3) is 4.18. The van der Waals surface area contributed by atoms with Gasteiger partial charge in [0.25, 0.3) is 0 Å². The number of rotatable bonds is 5. The standard InChI is InChI=1S/C10H17N3O2S/c1-8(11)6-7-13-9-2-4-10(5-3-9)16(12,14)15/h2-5,8,13H,6-7,11H2,1H3,(H2,12,14,15). The van der Waals surface area contributed by atoms with Gasteiger partial charge in [-0.25, -0.2) is 13.6 Å². The van der Waals surface area contributed by atoms with Crippen molar-refractivity contribution in [1.29, 1.82) is 0 Å². The molecule has 0 spiro atoms. The first-order chi connectivity index (χ1) is 7.39. The van der Waals surface area contributed by atoms with Gasteiger partial charge in [-0.3, -0.25) is 0 Å². The van der Waals surface area contributed by atoms with E-state index in [2.05, 4.69) is 5.32 Å². The number of hydrogen-bond acceptors (Lipinski definition) is 4. The summed E-state index contributed by atoms with van der Waals surface area (Å²) in [5.74, 6) is 0. The lowest BCUT2D eigenvalue weighted by Crippen LogP contribution is -2.19. The Morgan fingerprint density at radius 2 is 1.88 bits per heavy atom. The minimum atomic E-state index is -3.60. The van der Waals surface area contributed by atoms with E-state index in [1.54, 1.807) is 12.1 Å². The Bertz CT molecular complexity index is 426. The lowest BCUT2D eigenvalue weighted by Gasteiger charge is -2.08. The molecule has 0 saturated heterocycles. The van der Waals surface area contributed by atoms with E-state index in [0.29, 0.717) is 0 Å². The first-order valence-electron chi connectivity index (χ1n) is 5.02. The van der Waals surface area contributed by atoms with Crippen molar-refractivity contribution in [3.63, 3.8) is 0 Å². The van der Waals surface area contributed by atoms with Crippen molar-refractivity contribution in [2.24, 2.45) is 10.9 Å². The van der Waals surface area contributed by atoms with Gasteiger partial charge in [-0.2, -0.15) is 0 Å². The highest BCUT2D eigenvalue weighted by Gasteiger charge is 2.06. The molecule has 0 aliphatic carbocycles. The lowest BCUT2D eigenvalue weighted by atomic mass is 10.2. The van der Waals surface area contributed by atoms with Crippen LogP contribution in [0.3, 0.4) is 0 Å². The quantitative estimate of drug-likeness (QED) is 0.700. The topological polar surface area (TPSA) is 98.2 Å². The fourth-order valence-corrected chi connectivity index (χ4v) is 1.72. The van der Waals surface area contributed by atoms with Gasteiger partial charge in [0.05, 0.1) is 4.90 Å². The van der Waals surface area contributed by atoms with Gasteiger partial charge in [0.1, 0.15) is 0 Å². The third-order valence-electron chi connectivity index (χ3n) is 2.11. The SMILES string of the molecule is CC(N)CCNc1ccc(S(N)(=O)=O)cc1. The molecule has 0 aliphatic heterocycles. The molecule has 0 radical (unpaired) electrons. The Morgan fingerprint density at radius 1 is 1.31 bits per heavy atom. The van der Waals surface area contributed by atoms with E-state index in [9.17, 15) is 8.42 Å². The van der Waals surface area contributed by atoms with Crippen molar-refractivity contribution in [2.75, 3.05) is 11.9 Å². The molecule has 0 amide bonds. The average molecular weight is 243 g/mol. The van der Waals surface area contributed by atoms with Crippen molar-refractivity contribution in [1.82, 2.24) is 0 Å². The molecule has 1 aromatic rings. The van der Waals surface area contributed by atoms with Crippen molar-refractivity contribution < 1.29 is 8.42 Å². The fraction of sp³-hybridized carbons (Fsp3) is 0.400. The number of primary sulfonamides is 1. The summed E-state index contributed by atoms with van der Waals surface area (Å²) in [4.78, 5) is 0.116. The molecule has 1 aromatic carbocycles. The minimum Gasteiger partial charge on any atom is -0.385 e. The number of sulfonamides is 1. The molecule has 16 heavy (non-hydrogen) atoms. The summed E-state index contributed by atoms with van der Waals surface area (Å²) in [6.45, 7) is 2.69. The van der Waals surface area contributed by atoms with E-state index in [1.165, 1.54) is 12.1 Å². The summed E-state index contributed by atoms with van der Waals surface area (Å²) in [5, 5.41) is 8.12. The van der Waals surface area contributed by atoms with Gasteiger partial charge < -0.3 is 11.1 Å². The summed E-state index contributed by atoms with van der Waals surface area (Å²) in [6, 6.07) is 6.46. The lowest BCUT2D eigenvalue weighted by molar-refractivity contribution is 0.598. The molecule has 0 heterocycles. The maximum Gasteiger partial charge on any atom is 0.238 e. The second-order valence-electron chi connectivity index (χ2n) is 3.76. The first kappa shape index (κ1) is 13.0. The van der Waals surface area contributed by atoms with Crippen LogP contribution in [0.2, 0.25) is 0 Å². The van der Waals surface area contributed by atoms with Crippen LogP contribution >= 0.6 is 0 Å². The van der Waals surface area contributed by atoms with Crippen LogP contribution < -0.4 is 16.2 Å². The molecule has 0 fully saturated rings. The normalized spacial score (nSPS) is 13.4. The van der Waals surface area contributed by atoms with E-state index < -0.39 is 10.0 Å². The molecule has 1 unspecified atom stereocenters. The Labute approximate surface area is 95.9 Å².